The molecular weight excluding hydrogens is 235 g/mol. The number of aromatic hydroxyl groups is 1. The summed E-state index contributed by atoms with van der Waals surface area (Å²) in [6, 6.07) is 3.01. The summed E-state index contributed by atoms with van der Waals surface area (Å²) in [5, 5.41) is 10.1. The normalized spacial score (nSPS) is 24.4. The van der Waals surface area contributed by atoms with E-state index in [-0.39, 0.29) is 17.5 Å². The van der Waals surface area contributed by atoms with Gasteiger partial charge in [0.25, 0.3) is 0 Å². The second kappa shape index (κ2) is 5.12. The number of phenolic OH excluding ortho intramolecular Hbond substituents is 1. The van der Waals surface area contributed by atoms with Gasteiger partial charge in [0.15, 0.2) is 17.3 Å². The van der Waals surface area contributed by atoms with Gasteiger partial charge in [-0.3, -0.25) is 4.90 Å². The van der Waals surface area contributed by atoms with Crippen molar-refractivity contribution >= 4 is 0 Å². The van der Waals surface area contributed by atoms with E-state index in [9.17, 15) is 9.50 Å². The van der Waals surface area contributed by atoms with Crippen molar-refractivity contribution in [3.63, 3.8) is 0 Å². The summed E-state index contributed by atoms with van der Waals surface area (Å²) in [6.07, 6.45) is 0.870. The van der Waals surface area contributed by atoms with Crippen LogP contribution in [0.4, 0.5) is 4.39 Å². The second-order valence-corrected chi connectivity index (χ2v) is 4.81. The minimum Gasteiger partial charge on any atom is -0.504 e. The molecule has 1 heterocycles. The van der Waals surface area contributed by atoms with Gasteiger partial charge in [0.05, 0.1) is 7.11 Å². The lowest BCUT2D eigenvalue weighted by molar-refractivity contribution is 0.297. The van der Waals surface area contributed by atoms with Gasteiger partial charge in [0.1, 0.15) is 0 Å². The Morgan fingerprint density at radius 3 is 2.83 bits per heavy atom. The third-order valence-electron chi connectivity index (χ3n) is 3.65. The van der Waals surface area contributed by atoms with Gasteiger partial charge >= 0.3 is 0 Å². The molecule has 2 atom stereocenters. The summed E-state index contributed by atoms with van der Waals surface area (Å²) in [4.78, 5) is 2.13. The van der Waals surface area contributed by atoms with E-state index >= 15 is 0 Å². The van der Waals surface area contributed by atoms with Crippen LogP contribution in [-0.2, 0) is 0 Å². The largest absolute Gasteiger partial charge is 0.504 e. The Hall–Kier alpha value is -1.33. The molecule has 1 aliphatic heterocycles. The molecule has 2 rings (SSSR count). The van der Waals surface area contributed by atoms with E-state index in [0.717, 1.165) is 13.0 Å². The van der Waals surface area contributed by atoms with E-state index in [1.165, 1.54) is 13.2 Å². The summed E-state index contributed by atoms with van der Waals surface area (Å²) in [7, 11) is 3.33. The standard InChI is InChI=1S/C13H19FN2O2/c1-16-7-8(6-15)5-11(16)9-3-4-10(14)13(18-2)12(9)17/h3-4,8,11,17H,5-7,15H2,1-2H3. The molecule has 1 aromatic rings. The average molecular weight is 254 g/mol. The van der Waals surface area contributed by atoms with Crippen LogP contribution in [0.2, 0.25) is 0 Å². The molecule has 0 radical (unpaired) electrons. The lowest BCUT2D eigenvalue weighted by Crippen LogP contribution is -2.20. The van der Waals surface area contributed by atoms with Gasteiger partial charge in [0.2, 0.25) is 0 Å². The zero-order valence-corrected chi connectivity index (χ0v) is 10.7. The highest BCUT2D eigenvalue weighted by Gasteiger charge is 2.32. The second-order valence-electron chi connectivity index (χ2n) is 4.81. The van der Waals surface area contributed by atoms with Gasteiger partial charge in [-0.15, -0.1) is 0 Å². The molecule has 0 spiro atoms. The Balaban J connectivity index is 2.34. The van der Waals surface area contributed by atoms with Gasteiger partial charge < -0.3 is 15.6 Å². The first-order chi connectivity index (χ1) is 8.58. The van der Waals surface area contributed by atoms with Crippen molar-refractivity contribution < 1.29 is 14.2 Å². The number of phenols is 1. The maximum absolute atomic E-state index is 13.4. The van der Waals surface area contributed by atoms with Crippen LogP contribution in [-0.4, -0.2) is 37.3 Å². The Bertz CT molecular complexity index is 439. The van der Waals surface area contributed by atoms with Crippen LogP contribution in [0.15, 0.2) is 12.1 Å². The van der Waals surface area contributed by atoms with Crippen LogP contribution < -0.4 is 10.5 Å². The van der Waals surface area contributed by atoms with Crippen molar-refractivity contribution in [3.8, 4) is 11.5 Å². The van der Waals surface area contributed by atoms with Crippen LogP contribution >= 0.6 is 0 Å². The van der Waals surface area contributed by atoms with E-state index in [2.05, 4.69) is 4.90 Å². The topological polar surface area (TPSA) is 58.7 Å². The molecule has 3 N–H and O–H groups in total. The molecule has 1 saturated heterocycles. The highest BCUT2D eigenvalue weighted by Crippen LogP contribution is 2.42. The summed E-state index contributed by atoms with van der Waals surface area (Å²) >= 11 is 0. The molecule has 0 aliphatic carbocycles. The highest BCUT2D eigenvalue weighted by atomic mass is 19.1. The first-order valence-electron chi connectivity index (χ1n) is 6.04. The quantitative estimate of drug-likeness (QED) is 0.858. The molecule has 1 fully saturated rings. The lowest BCUT2D eigenvalue weighted by atomic mass is 9.98. The molecule has 1 aromatic carbocycles. The smallest absolute Gasteiger partial charge is 0.196 e. The van der Waals surface area contributed by atoms with Crippen LogP contribution in [0.1, 0.15) is 18.0 Å². The number of benzene rings is 1. The Morgan fingerprint density at radius 2 is 2.28 bits per heavy atom. The van der Waals surface area contributed by atoms with Crippen LogP contribution in [0, 0.1) is 11.7 Å². The van der Waals surface area contributed by atoms with Crippen molar-refractivity contribution in [1.82, 2.24) is 4.90 Å². The van der Waals surface area contributed by atoms with Crippen LogP contribution in [0.5, 0.6) is 11.5 Å². The monoisotopic (exact) mass is 254 g/mol. The molecule has 1 aliphatic rings. The predicted octanol–water partition coefficient (Wildman–Crippen LogP) is 1.49. The fourth-order valence-electron chi connectivity index (χ4n) is 2.66. The van der Waals surface area contributed by atoms with Crippen molar-refractivity contribution in [2.75, 3.05) is 27.2 Å². The molecule has 100 valence electrons. The summed E-state index contributed by atoms with van der Waals surface area (Å²) in [5.41, 5.74) is 6.38. The molecule has 0 saturated carbocycles. The SMILES string of the molecule is COc1c(F)ccc(C2CC(CN)CN2C)c1O. The summed E-state index contributed by atoms with van der Waals surface area (Å²) < 4.78 is 18.3. The first-order valence-corrected chi connectivity index (χ1v) is 6.04. The minimum absolute atomic E-state index is 0.0630. The van der Waals surface area contributed by atoms with Gasteiger partial charge in [-0.05, 0) is 32.0 Å². The van der Waals surface area contributed by atoms with E-state index < -0.39 is 5.82 Å². The number of hydrogen-bond acceptors (Lipinski definition) is 4. The third-order valence-corrected chi connectivity index (χ3v) is 3.65. The molecule has 0 bridgehead atoms. The van der Waals surface area contributed by atoms with Gasteiger partial charge in [-0.25, -0.2) is 4.39 Å². The molecular formula is C13H19FN2O2. The van der Waals surface area contributed by atoms with E-state index in [4.69, 9.17) is 10.5 Å². The number of hydrogen-bond donors (Lipinski definition) is 2. The van der Waals surface area contributed by atoms with Crippen molar-refractivity contribution in [2.24, 2.45) is 11.7 Å². The number of ether oxygens (including phenoxy) is 1. The maximum Gasteiger partial charge on any atom is 0.196 e. The van der Waals surface area contributed by atoms with E-state index in [0.29, 0.717) is 18.0 Å². The number of likely N-dealkylation sites (tertiary alicyclic amines) is 1. The van der Waals surface area contributed by atoms with Crippen molar-refractivity contribution in [2.45, 2.75) is 12.5 Å². The Labute approximate surface area is 106 Å². The molecule has 4 nitrogen and oxygen atoms in total. The number of nitrogens with two attached hydrogens (primary N) is 1. The van der Waals surface area contributed by atoms with Gasteiger partial charge in [-0.1, -0.05) is 6.07 Å². The molecule has 2 unspecified atom stereocenters. The Morgan fingerprint density at radius 1 is 1.56 bits per heavy atom. The maximum atomic E-state index is 13.4. The summed E-state index contributed by atoms with van der Waals surface area (Å²) in [5.74, 6) is -0.325. The van der Waals surface area contributed by atoms with Crippen LogP contribution in [0.3, 0.4) is 0 Å². The zero-order chi connectivity index (χ0) is 13.3. The Kier molecular flexibility index (Phi) is 3.73. The van der Waals surface area contributed by atoms with Gasteiger partial charge in [0, 0.05) is 18.2 Å². The highest BCUT2D eigenvalue weighted by molar-refractivity contribution is 5.48. The molecule has 18 heavy (non-hydrogen) atoms. The lowest BCUT2D eigenvalue weighted by Gasteiger charge is -2.21. The average Bonchev–Trinajstić information content (AvgIpc) is 2.71. The van der Waals surface area contributed by atoms with Gasteiger partial charge in [-0.2, -0.15) is 0 Å². The molecule has 0 amide bonds. The fourth-order valence-corrected chi connectivity index (χ4v) is 2.66. The third kappa shape index (κ3) is 2.15. The fraction of sp³-hybridized carbons (Fsp3) is 0.538. The summed E-state index contributed by atoms with van der Waals surface area (Å²) in [6.45, 7) is 1.51. The zero-order valence-electron chi connectivity index (χ0n) is 10.7. The predicted molar refractivity (Wildman–Crippen MR) is 67.1 cm³/mol. The van der Waals surface area contributed by atoms with Crippen LogP contribution in [0.25, 0.3) is 0 Å². The van der Waals surface area contributed by atoms with E-state index in [1.807, 2.05) is 7.05 Å². The number of rotatable bonds is 3. The molecule has 5 heteroatoms. The first kappa shape index (κ1) is 13.1. The molecule has 0 aromatic heterocycles. The van der Waals surface area contributed by atoms with Crippen molar-refractivity contribution in [3.05, 3.63) is 23.5 Å². The number of halogens is 1. The van der Waals surface area contributed by atoms with Crippen molar-refractivity contribution in [1.29, 1.82) is 0 Å². The number of methoxy groups -OCH3 is 1. The number of nitrogens with zero attached hydrogens (tertiary/aromatic N) is 1. The minimum atomic E-state index is -0.547. The van der Waals surface area contributed by atoms with E-state index in [1.54, 1.807) is 6.07 Å².